The second kappa shape index (κ2) is 7.04. The number of carbonyl (C=O) groups is 1. The summed E-state index contributed by atoms with van der Waals surface area (Å²) in [5.74, 6) is 0.277. The molecule has 0 radical (unpaired) electrons. The zero-order chi connectivity index (χ0) is 18.8. The molecule has 2 aromatic carbocycles. The Morgan fingerprint density at radius 1 is 1.08 bits per heavy atom. The predicted octanol–water partition coefficient (Wildman–Crippen LogP) is 3.81. The summed E-state index contributed by atoms with van der Waals surface area (Å²) in [4.78, 5) is 14.6. The Morgan fingerprint density at radius 3 is 2.19 bits per heavy atom. The maximum Gasteiger partial charge on any atom is 0.259 e. The van der Waals surface area contributed by atoms with Crippen LogP contribution in [0.4, 0.5) is 5.82 Å². The van der Waals surface area contributed by atoms with Crippen LogP contribution in [0.25, 0.3) is 11.1 Å². The first kappa shape index (κ1) is 17.7. The van der Waals surface area contributed by atoms with Crippen LogP contribution in [0.5, 0.6) is 0 Å². The smallest absolute Gasteiger partial charge is 0.259 e. The van der Waals surface area contributed by atoms with Crippen molar-refractivity contribution < 1.29 is 4.79 Å². The van der Waals surface area contributed by atoms with Gasteiger partial charge in [-0.15, -0.1) is 0 Å². The summed E-state index contributed by atoms with van der Waals surface area (Å²) in [6, 6.07) is 18.5. The molecule has 1 aromatic heterocycles. The van der Waals surface area contributed by atoms with Crippen molar-refractivity contribution in [3.8, 4) is 11.1 Å². The third-order valence-corrected chi connectivity index (χ3v) is 4.88. The quantitative estimate of drug-likeness (QED) is 0.780. The molecule has 1 amide bonds. The minimum Gasteiger partial charge on any atom is -0.383 e. The van der Waals surface area contributed by atoms with Gasteiger partial charge in [-0.1, -0.05) is 54.6 Å². The lowest BCUT2D eigenvalue weighted by atomic mass is 10.0. The molecule has 0 aliphatic carbocycles. The van der Waals surface area contributed by atoms with Gasteiger partial charge in [-0.3, -0.25) is 9.48 Å². The lowest BCUT2D eigenvalue weighted by Gasteiger charge is -2.25. The van der Waals surface area contributed by atoms with Crippen LogP contribution in [-0.4, -0.2) is 27.6 Å². The lowest BCUT2D eigenvalue weighted by Crippen LogP contribution is -2.30. The van der Waals surface area contributed by atoms with E-state index in [1.807, 2.05) is 25.1 Å². The fourth-order valence-corrected chi connectivity index (χ4v) is 3.10. The molecule has 26 heavy (non-hydrogen) atoms. The Balaban J connectivity index is 1.82. The average molecular weight is 348 g/mol. The Bertz CT molecular complexity index is 913. The number of amides is 1. The largest absolute Gasteiger partial charge is 0.383 e. The number of nitrogens with zero attached hydrogens (tertiary/aromatic N) is 3. The van der Waals surface area contributed by atoms with E-state index in [0.717, 1.165) is 11.1 Å². The van der Waals surface area contributed by atoms with Gasteiger partial charge in [0.1, 0.15) is 11.4 Å². The van der Waals surface area contributed by atoms with E-state index in [9.17, 15) is 4.79 Å². The van der Waals surface area contributed by atoms with Gasteiger partial charge < -0.3 is 10.6 Å². The molecular formula is C21H24N4O. The third kappa shape index (κ3) is 3.20. The van der Waals surface area contributed by atoms with E-state index >= 15 is 0 Å². The zero-order valence-corrected chi connectivity index (χ0v) is 15.6. The number of aryl methyl sites for hydroxylation is 2. The zero-order valence-electron chi connectivity index (χ0n) is 15.6. The highest BCUT2D eigenvalue weighted by molar-refractivity contribution is 5.99. The second-order valence-electron chi connectivity index (χ2n) is 6.55. The summed E-state index contributed by atoms with van der Waals surface area (Å²) in [5, 5.41) is 4.24. The molecule has 3 aromatic rings. The van der Waals surface area contributed by atoms with Crippen molar-refractivity contribution in [2.45, 2.75) is 19.9 Å². The number of nitrogens with two attached hydrogens (primary N) is 1. The van der Waals surface area contributed by atoms with E-state index in [4.69, 9.17) is 5.73 Å². The molecule has 3 rings (SSSR count). The minimum atomic E-state index is -0.118. The van der Waals surface area contributed by atoms with Crippen molar-refractivity contribution in [3.63, 3.8) is 0 Å². The topological polar surface area (TPSA) is 64.2 Å². The second-order valence-corrected chi connectivity index (χ2v) is 6.55. The molecule has 1 heterocycles. The van der Waals surface area contributed by atoms with E-state index in [2.05, 4.69) is 41.5 Å². The number of anilines is 1. The molecule has 134 valence electrons. The van der Waals surface area contributed by atoms with Crippen molar-refractivity contribution in [1.82, 2.24) is 14.7 Å². The highest BCUT2D eigenvalue weighted by atomic mass is 16.2. The molecule has 0 spiro atoms. The number of nitrogen functional groups attached to an aromatic ring is 1. The van der Waals surface area contributed by atoms with Gasteiger partial charge in [0, 0.05) is 14.1 Å². The van der Waals surface area contributed by atoms with Gasteiger partial charge in [0.05, 0.1) is 11.7 Å². The average Bonchev–Trinajstić information content (AvgIpc) is 2.92. The van der Waals surface area contributed by atoms with Gasteiger partial charge in [0.15, 0.2) is 0 Å². The third-order valence-electron chi connectivity index (χ3n) is 4.88. The molecule has 0 saturated heterocycles. The highest BCUT2D eigenvalue weighted by Crippen LogP contribution is 2.26. The van der Waals surface area contributed by atoms with E-state index in [0.29, 0.717) is 17.1 Å². The van der Waals surface area contributed by atoms with Crippen molar-refractivity contribution in [2.24, 2.45) is 7.05 Å². The van der Waals surface area contributed by atoms with Crippen LogP contribution >= 0.6 is 0 Å². The van der Waals surface area contributed by atoms with Gasteiger partial charge >= 0.3 is 0 Å². The summed E-state index contributed by atoms with van der Waals surface area (Å²) < 4.78 is 1.54. The molecule has 5 heteroatoms. The molecule has 0 saturated carbocycles. The monoisotopic (exact) mass is 348 g/mol. The lowest BCUT2D eigenvalue weighted by molar-refractivity contribution is 0.0743. The fraction of sp³-hybridized carbons (Fsp3) is 0.238. The summed E-state index contributed by atoms with van der Waals surface area (Å²) in [6.45, 7) is 3.81. The van der Waals surface area contributed by atoms with Crippen LogP contribution in [0.15, 0.2) is 54.6 Å². The number of carbonyl (C=O) groups excluding carboxylic acids is 1. The number of hydrogen-bond donors (Lipinski definition) is 1. The van der Waals surface area contributed by atoms with Crippen molar-refractivity contribution >= 4 is 11.7 Å². The SMILES string of the molecule is Cc1nn(C)c(N)c1C(=O)N(C)[C@@H](C)c1ccc(-c2ccccc2)cc1. The maximum absolute atomic E-state index is 12.9. The van der Waals surface area contributed by atoms with Crippen molar-refractivity contribution in [2.75, 3.05) is 12.8 Å². The van der Waals surface area contributed by atoms with E-state index in [-0.39, 0.29) is 11.9 Å². The number of benzene rings is 2. The van der Waals surface area contributed by atoms with Crippen LogP contribution < -0.4 is 5.73 Å². The van der Waals surface area contributed by atoms with Crippen molar-refractivity contribution in [1.29, 1.82) is 0 Å². The summed E-state index contributed by atoms with van der Waals surface area (Å²) >= 11 is 0. The number of hydrogen-bond acceptors (Lipinski definition) is 3. The molecule has 5 nitrogen and oxygen atoms in total. The van der Waals surface area contributed by atoms with Gasteiger partial charge in [-0.2, -0.15) is 5.10 Å². The Kier molecular flexibility index (Phi) is 4.80. The van der Waals surface area contributed by atoms with Crippen LogP contribution in [-0.2, 0) is 7.05 Å². The van der Waals surface area contributed by atoms with Gasteiger partial charge in [0.25, 0.3) is 5.91 Å². The first-order chi connectivity index (χ1) is 12.4. The highest BCUT2D eigenvalue weighted by Gasteiger charge is 2.25. The van der Waals surface area contributed by atoms with Crippen LogP contribution in [0.3, 0.4) is 0 Å². The Labute approximate surface area is 154 Å². The van der Waals surface area contributed by atoms with Gasteiger partial charge in [-0.05, 0) is 30.5 Å². The van der Waals surface area contributed by atoms with E-state index < -0.39 is 0 Å². The first-order valence-corrected chi connectivity index (χ1v) is 8.61. The minimum absolute atomic E-state index is 0.0775. The Hall–Kier alpha value is -3.08. The summed E-state index contributed by atoms with van der Waals surface area (Å²) in [5.41, 5.74) is 10.5. The molecule has 2 N–H and O–H groups in total. The first-order valence-electron chi connectivity index (χ1n) is 8.61. The van der Waals surface area contributed by atoms with Crippen LogP contribution in [0.2, 0.25) is 0 Å². The number of rotatable bonds is 4. The molecular weight excluding hydrogens is 324 g/mol. The maximum atomic E-state index is 12.9. The molecule has 0 aliphatic heterocycles. The fourth-order valence-electron chi connectivity index (χ4n) is 3.10. The van der Waals surface area contributed by atoms with E-state index in [1.165, 1.54) is 10.2 Å². The van der Waals surface area contributed by atoms with Gasteiger partial charge in [-0.25, -0.2) is 0 Å². The van der Waals surface area contributed by atoms with Crippen LogP contribution in [0, 0.1) is 6.92 Å². The summed E-state index contributed by atoms with van der Waals surface area (Å²) in [7, 11) is 3.54. The normalized spacial score (nSPS) is 12.0. The molecule has 1 atom stereocenters. The predicted molar refractivity (Wildman–Crippen MR) is 105 cm³/mol. The van der Waals surface area contributed by atoms with E-state index in [1.54, 1.807) is 25.9 Å². The molecule has 0 bridgehead atoms. The molecule has 0 aliphatic rings. The summed E-state index contributed by atoms with van der Waals surface area (Å²) in [6.07, 6.45) is 0. The van der Waals surface area contributed by atoms with Gasteiger partial charge in [0.2, 0.25) is 0 Å². The molecule has 0 unspecified atom stereocenters. The van der Waals surface area contributed by atoms with Crippen LogP contribution in [0.1, 0.15) is 34.6 Å². The number of aromatic nitrogens is 2. The van der Waals surface area contributed by atoms with Crippen molar-refractivity contribution in [3.05, 3.63) is 71.4 Å². The molecule has 0 fully saturated rings. The Morgan fingerprint density at radius 2 is 1.65 bits per heavy atom. The standard InChI is InChI=1S/C21H24N4O/c1-14-19(20(22)25(4)23-14)21(26)24(3)15(2)16-10-12-18(13-11-16)17-8-6-5-7-9-17/h5-13,15H,22H2,1-4H3/t15-/m0/s1.